The minimum Gasteiger partial charge on any atom is -0.480 e. The van der Waals surface area contributed by atoms with Crippen molar-refractivity contribution in [1.82, 2.24) is 9.97 Å². The molecule has 0 saturated heterocycles. The molecule has 6 heteroatoms. The molecule has 0 atom stereocenters. The van der Waals surface area contributed by atoms with Crippen molar-refractivity contribution in [3.8, 4) is 6.07 Å². The third-order valence-electron chi connectivity index (χ3n) is 1.77. The highest BCUT2D eigenvalue weighted by Gasteiger charge is 2.28. The number of hydrogen-bond donors (Lipinski definition) is 2. The number of aromatic nitrogens is 2. The van der Waals surface area contributed by atoms with E-state index in [9.17, 15) is 4.79 Å². The normalized spacial score (nSPS) is 10.5. The Labute approximate surface area is 86.6 Å². The van der Waals surface area contributed by atoms with Gasteiger partial charge in [0.25, 0.3) is 0 Å². The molecule has 78 valence electrons. The van der Waals surface area contributed by atoms with Crippen molar-refractivity contribution in [2.75, 3.05) is 5.32 Å². The minimum atomic E-state index is -1.19. The smallest absolute Gasteiger partial charge is 0.328 e. The molecule has 6 nitrogen and oxygen atoms in total. The molecule has 0 radical (unpaired) electrons. The van der Waals surface area contributed by atoms with Gasteiger partial charge in [0.05, 0.1) is 0 Å². The quantitative estimate of drug-likeness (QED) is 0.752. The SMILES string of the molecule is CC(C)(Nc1nccnc1C#N)C(=O)O. The molecule has 0 aliphatic heterocycles. The standard InChI is InChI=1S/C9H10N4O2/c1-9(2,8(14)15)13-7-6(5-10)11-3-4-12-7/h3-4H,1-2H3,(H,12,13)(H,14,15). The Balaban J connectivity index is 3.00. The Morgan fingerprint density at radius 3 is 2.67 bits per heavy atom. The molecular weight excluding hydrogens is 196 g/mol. The third kappa shape index (κ3) is 2.40. The van der Waals surface area contributed by atoms with Crippen molar-refractivity contribution in [1.29, 1.82) is 5.26 Å². The first-order valence-corrected chi connectivity index (χ1v) is 4.20. The number of carboxylic acid groups (broad SMARTS) is 1. The van der Waals surface area contributed by atoms with Crippen LogP contribution in [-0.2, 0) is 4.79 Å². The number of aliphatic carboxylic acids is 1. The second-order valence-electron chi connectivity index (χ2n) is 3.42. The van der Waals surface area contributed by atoms with Crippen LogP contribution < -0.4 is 5.32 Å². The van der Waals surface area contributed by atoms with Crippen molar-refractivity contribution in [3.63, 3.8) is 0 Å². The van der Waals surface area contributed by atoms with Gasteiger partial charge in [-0.25, -0.2) is 14.8 Å². The average Bonchev–Trinajstić information content (AvgIpc) is 2.18. The first-order valence-electron chi connectivity index (χ1n) is 4.20. The number of carboxylic acids is 1. The molecule has 0 aliphatic carbocycles. The molecule has 15 heavy (non-hydrogen) atoms. The second-order valence-corrected chi connectivity index (χ2v) is 3.42. The Bertz CT molecular complexity index is 422. The molecular formula is C9H10N4O2. The maximum atomic E-state index is 10.8. The van der Waals surface area contributed by atoms with Crippen LogP contribution in [0.5, 0.6) is 0 Å². The van der Waals surface area contributed by atoms with Crippen molar-refractivity contribution < 1.29 is 9.90 Å². The summed E-state index contributed by atoms with van der Waals surface area (Å²) < 4.78 is 0. The highest BCUT2D eigenvalue weighted by Crippen LogP contribution is 2.14. The fraction of sp³-hybridized carbons (Fsp3) is 0.333. The van der Waals surface area contributed by atoms with E-state index in [0.29, 0.717) is 0 Å². The molecule has 0 bridgehead atoms. The summed E-state index contributed by atoms with van der Waals surface area (Å²) in [5.41, 5.74) is -1.12. The van der Waals surface area contributed by atoms with Crippen molar-refractivity contribution >= 4 is 11.8 Å². The van der Waals surface area contributed by atoms with E-state index in [4.69, 9.17) is 10.4 Å². The predicted molar refractivity (Wildman–Crippen MR) is 52.1 cm³/mol. The van der Waals surface area contributed by atoms with Gasteiger partial charge in [-0.15, -0.1) is 0 Å². The lowest BCUT2D eigenvalue weighted by atomic mass is 10.1. The number of nitrogens with one attached hydrogen (secondary N) is 1. The maximum Gasteiger partial charge on any atom is 0.328 e. The molecule has 1 heterocycles. The summed E-state index contributed by atoms with van der Waals surface area (Å²) >= 11 is 0. The van der Waals surface area contributed by atoms with Crippen LogP contribution in [0.1, 0.15) is 19.5 Å². The molecule has 0 amide bonds. The lowest BCUT2D eigenvalue weighted by Crippen LogP contribution is -2.40. The fourth-order valence-electron chi connectivity index (χ4n) is 0.861. The van der Waals surface area contributed by atoms with E-state index in [-0.39, 0.29) is 11.5 Å². The van der Waals surface area contributed by atoms with Gasteiger partial charge in [-0.1, -0.05) is 0 Å². The van der Waals surface area contributed by atoms with Gasteiger partial charge in [-0.3, -0.25) is 0 Å². The lowest BCUT2D eigenvalue weighted by molar-refractivity contribution is -0.141. The molecule has 0 aromatic carbocycles. The zero-order valence-electron chi connectivity index (χ0n) is 8.35. The summed E-state index contributed by atoms with van der Waals surface area (Å²) in [6.45, 7) is 2.95. The molecule has 0 fully saturated rings. The van der Waals surface area contributed by atoms with Crippen LogP contribution in [0.2, 0.25) is 0 Å². The summed E-state index contributed by atoms with van der Waals surface area (Å²) in [6, 6.07) is 1.83. The summed E-state index contributed by atoms with van der Waals surface area (Å²) in [5, 5.41) is 20.2. The zero-order chi connectivity index (χ0) is 11.5. The molecule has 1 aromatic rings. The summed E-state index contributed by atoms with van der Waals surface area (Å²) in [5.74, 6) is -0.857. The van der Waals surface area contributed by atoms with Crippen LogP contribution >= 0.6 is 0 Å². The van der Waals surface area contributed by atoms with Gasteiger partial charge in [0, 0.05) is 12.4 Å². The van der Waals surface area contributed by atoms with Gasteiger partial charge in [-0.05, 0) is 13.8 Å². The number of nitrogens with zero attached hydrogens (tertiary/aromatic N) is 3. The summed E-state index contributed by atoms with van der Waals surface area (Å²) in [7, 11) is 0. The Morgan fingerprint density at radius 1 is 1.53 bits per heavy atom. The highest BCUT2D eigenvalue weighted by atomic mass is 16.4. The number of rotatable bonds is 3. The molecule has 0 spiro atoms. The Hall–Kier alpha value is -2.16. The topological polar surface area (TPSA) is 98.9 Å². The largest absolute Gasteiger partial charge is 0.480 e. The number of hydrogen-bond acceptors (Lipinski definition) is 5. The van der Waals surface area contributed by atoms with Gasteiger partial charge < -0.3 is 10.4 Å². The number of carbonyl (C=O) groups is 1. The van der Waals surface area contributed by atoms with Gasteiger partial charge in [0.2, 0.25) is 0 Å². The second kappa shape index (κ2) is 3.92. The van der Waals surface area contributed by atoms with Crippen molar-refractivity contribution in [2.45, 2.75) is 19.4 Å². The van der Waals surface area contributed by atoms with Crippen molar-refractivity contribution in [2.24, 2.45) is 0 Å². The molecule has 1 rings (SSSR count). The van der Waals surface area contributed by atoms with Gasteiger partial charge in [0.1, 0.15) is 11.6 Å². The van der Waals surface area contributed by atoms with Crippen molar-refractivity contribution in [3.05, 3.63) is 18.1 Å². The molecule has 0 unspecified atom stereocenters. The first-order chi connectivity index (χ1) is 6.97. The van der Waals surface area contributed by atoms with Gasteiger partial charge in [-0.2, -0.15) is 5.26 Å². The van der Waals surface area contributed by atoms with E-state index in [1.807, 2.05) is 6.07 Å². The maximum absolute atomic E-state index is 10.8. The van der Waals surface area contributed by atoms with Gasteiger partial charge in [0.15, 0.2) is 11.5 Å². The van der Waals surface area contributed by atoms with Crippen LogP contribution in [0.15, 0.2) is 12.4 Å². The first kappa shape index (κ1) is 10.9. The molecule has 1 aromatic heterocycles. The van der Waals surface area contributed by atoms with Crippen LogP contribution in [-0.4, -0.2) is 26.6 Å². The molecule has 0 saturated carbocycles. The molecule has 0 aliphatic rings. The number of anilines is 1. The van der Waals surface area contributed by atoms with E-state index in [2.05, 4.69) is 15.3 Å². The number of nitriles is 1. The van der Waals surface area contributed by atoms with E-state index in [1.54, 1.807) is 0 Å². The minimum absolute atomic E-state index is 0.0758. The Morgan fingerprint density at radius 2 is 2.13 bits per heavy atom. The van der Waals surface area contributed by atoms with Crippen LogP contribution in [0, 0.1) is 11.3 Å². The molecule has 2 N–H and O–H groups in total. The summed E-state index contributed by atoms with van der Waals surface area (Å²) in [6.07, 6.45) is 2.76. The van der Waals surface area contributed by atoms with Crippen LogP contribution in [0.3, 0.4) is 0 Å². The van der Waals surface area contributed by atoms with Crippen LogP contribution in [0.25, 0.3) is 0 Å². The van der Waals surface area contributed by atoms with E-state index < -0.39 is 11.5 Å². The van der Waals surface area contributed by atoms with E-state index in [1.165, 1.54) is 26.2 Å². The van der Waals surface area contributed by atoms with Gasteiger partial charge >= 0.3 is 5.97 Å². The van der Waals surface area contributed by atoms with E-state index in [0.717, 1.165) is 0 Å². The van der Waals surface area contributed by atoms with Crippen LogP contribution in [0.4, 0.5) is 5.82 Å². The predicted octanol–water partition coefficient (Wildman–Crippen LogP) is 0.623. The fourth-order valence-corrected chi connectivity index (χ4v) is 0.861. The lowest BCUT2D eigenvalue weighted by Gasteiger charge is -2.21. The van der Waals surface area contributed by atoms with E-state index >= 15 is 0 Å². The summed E-state index contributed by atoms with van der Waals surface area (Å²) in [4.78, 5) is 18.5. The Kier molecular flexibility index (Phi) is 2.85. The zero-order valence-corrected chi connectivity index (χ0v) is 8.35. The third-order valence-corrected chi connectivity index (χ3v) is 1.77. The average molecular weight is 206 g/mol. The monoisotopic (exact) mass is 206 g/mol. The highest BCUT2D eigenvalue weighted by molar-refractivity contribution is 5.81.